The molecule has 0 saturated heterocycles. The van der Waals surface area contributed by atoms with E-state index in [1.54, 1.807) is 30.3 Å². The van der Waals surface area contributed by atoms with Crippen LogP contribution in [-0.2, 0) is 0 Å². The number of nitrogens with two attached hydrogens (primary N) is 1. The van der Waals surface area contributed by atoms with E-state index < -0.39 is 0 Å². The zero-order chi connectivity index (χ0) is 14.8. The molecule has 6 nitrogen and oxygen atoms in total. The molecule has 21 heavy (non-hydrogen) atoms. The number of aromatic nitrogens is 1. The Morgan fingerprint density at radius 2 is 1.95 bits per heavy atom. The van der Waals surface area contributed by atoms with E-state index in [-0.39, 0.29) is 25.0 Å². The SMILES string of the molecule is Nc1cccc(OCCN2C(=O)c3ccncc3C2=O)c1. The standard InChI is InChI=1S/C15H13N3O3/c16-10-2-1-3-11(8-10)21-7-6-18-14(19)12-4-5-17-9-13(12)15(18)20/h1-5,8-9H,6-7,16H2. The lowest BCUT2D eigenvalue weighted by atomic mass is 10.2. The number of pyridine rings is 1. The predicted octanol–water partition coefficient (Wildman–Crippen LogP) is 1.34. The van der Waals surface area contributed by atoms with Crippen LogP contribution in [-0.4, -0.2) is 34.8 Å². The van der Waals surface area contributed by atoms with Gasteiger partial charge in [0, 0.05) is 24.1 Å². The molecule has 2 aromatic rings. The molecule has 6 heteroatoms. The Labute approximate surface area is 121 Å². The summed E-state index contributed by atoms with van der Waals surface area (Å²) in [4.78, 5) is 29.2. The van der Waals surface area contributed by atoms with Crippen molar-refractivity contribution in [2.75, 3.05) is 18.9 Å². The van der Waals surface area contributed by atoms with Gasteiger partial charge >= 0.3 is 0 Å². The predicted molar refractivity (Wildman–Crippen MR) is 76.0 cm³/mol. The van der Waals surface area contributed by atoms with E-state index in [2.05, 4.69) is 4.98 Å². The highest BCUT2D eigenvalue weighted by Gasteiger charge is 2.35. The van der Waals surface area contributed by atoms with Crippen molar-refractivity contribution in [1.29, 1.82) is 0 Å². The zero-order valence-corrected chi connectivity index (χ0v) is 11.2. The fraction of sp³-hybridized carbons (Fsp3) is 0.133. The third kappa shape index (κ3) is 2.43. The molecule has 0 fully saturated rings. The van der Waals surface area contributed by atoms with Crippen LogP contribution in [0, 0.1) is 0 Å². The Morgan fingerprint density at radius 3 is 2.71 bits per heavy atom. The Bertz CT molecular complexity index is 680. The van der Waals surface area contributed by atoms with E-state index in [1.165, 1.54) is 17.3 Å². The Morgan fingerprint density at radius 1 is 1.14 bits per heavy atom. The topological polar surface area (TPSA) is 85.5 Å². The van der Waals surface area contributed by atoms with Gasteiger partial charge in [0.25, 0.3) is 11.8 Å². The third-order valence-corrected chi connectivity index (χ3v) is 3.21. The molecule has 0 bridgehead atoms. The van der Waals surface area contributed by atoms with Crippen molar-refractivity contribution in [3.8, 4) is 5.75 Å². The number of ether oxygens (including phenoxy) is 1. The Hall–Kier alpha value is -2.89. The van der Waals surface area contributed by atoms with Crippen LogP contribution in [0.25, 0.3) is 0 Å². The van der Waals surface area contributed by atoms with Crippen LogP contribution in [0.3, 0.4) is 0 Å². The molecular formula is C15H13N3O3. The number of fused-ring (bicyclic) bond motifs is 1. The fourth-order valence-corrected chi connectivity index (χ4v) is 2.20. The highest BCUT2D eigenvalue weighted by molar-refractivity contribution is 6.21. The van der Waals surface area contributed by atoms with Gasteiger partial charge in [-0.3, -0.25) is 19.5 Å². The maximum Gasteiger partial charge on any atom is 0.263 e. The van der Waals surface area contributed by atoms with Crippen molar-refractivity contribution in [3.05, 3.63) is 53.9 Å². The van der Waals surface area contributed by atoms with Crippen LogP contribution in [0.5, 0.6) is 5.75 Å². The van der Waals surface area contributed by atoms with Gasteiger partial charge in [-0.2, -0.15) is 0 Å². The molecule has 1 aromatic heterocycles. The largest absolute Gasteiger partial charge is 0.492 e. The van der Waals surface area contributed by atoms with E-state index in [0.29, 0.717) is 22.6 Å². The summed E-state index contributed by atoms with van der Waals surface area (Å²) in [6, 6.07) is 8.53. The lowest BCUT2D eigenvalue weighted by Gasteiger charge is -2.14. The summed E-state index contributed by atoms with van der Waals surface area (Å²) in [7, 11) is 0. The summed E-state index contributed by atoms with van der Waals surface area (Å²) in [5.41, 5.74) is 6.97. The number of amides is 2. The van der Waals surface area contributed by atoms with Gasteiger partial charge in [-0.25, -0.2) is 0 Å². The van der Waals surface area contributed by atoms with Gasteiger partial charge < -0.3 is 10.5 Å². The monoisotopic (exact) mass is 283 g/mol. The van der Waals surface area contributed by atoms with E-state index in [0.717, 1.165) is 0 Å². The average Bonchev–Trinajstić information content (AvgIpc) is 2.73. The molecule has 0 unspecified atom stereocenters. The molecule has 0 aliphatic carbocycles. The van der Waals surface area contributed by atoms with Gasteiger partial charge in [-0.1, -0.05) is 6.07 Å². The minimum Gasteiger partial charge on any atom is -0.492 e. The van der Waals surface area contributed by atoms with E-state index in [1.807, 2.05) is 0 Å². The van der Waals surface area contributed by atoms with Crippen LogP contribution in [0.15, 0.2) is 42.7 Å². The van der Waals surface area contributed by atoms with Crippen LogP contribution in [0.2, 0.25) is 0 Å². The Kier molecular flexibility index (Phi) is 3.27. The van der Waals surface area contributed by atoms with Crippen LogP contribution in [0.1, 0.15) is 20.7 Å². The number of imide groups is 1. The molecule has 3 rings (SSSR count). The molecule has 0 spiro atoms. The van der Waals surface area contributed by atoms with Gasteiger partial charge in [0.2, 0.25) is 0 Å². The molecule has 1 aliphatic rings. The smallest absolute Gasteiger partial charge is 0.263 e. The number of carbonyl (C=O) groups excluding carboxylic acids is 2. The van der Waals surface area contributed by atoms with Gasteiger partial charge in [0.05, 0.1) is 17.7 Å². The third-order valence-electron chi connectivity index (χ3n) is 3.21. The first-order valence-electron chi connectivity index (χ1n) is 6.45. The first-order chi connectivity index (χ1) is 10.2. The van der Waals surface area contributed by atoms with E-state index in [4.69, 9.17) is 10.5 Å². The quantitative estimate of drug-likeness (QED) is 0.676. The Balaban J connectivity index is 1.65. The zero-order valence-electron chi connectivity index (χ0n) is 11.2. The first kappa shape index (κ1) is 13.1. The maximum atomic E-state index is 12.1. The molecular weight excluding hydrogens is 270 g/mol. The summed E-state index contributed by atoms with van der Waals surface area (Å²) in [6.07, 6.45) is 2.91. The molecule has 1 aliphatic heterocycles. The number of hydrogen-bond donors (Lipinski definition) is 1. The number of benzene rings is 1. The molecule has 0 radical (unpaired) electrons. The molecule has 2 N–H and O–H groups in total. The lowest BCUT2D eigenvalue weighted by Crippen LogP contribution is -2.33. The number of anilines is 1. The molecule has 1 aromatic carbocycles. The maximum absolute atomic E-state index is 12.1. The normalized spacial score (nSPS) is 13.4. The number of nitrogens with zero attached hydrogens (tertiary/aromatic N) is 2. The van der Waals surface area contributed by atoms with Crippen LogP contribution >= 0.6 is 0 Å². The van der Waals surface area contributed by atoms with E-state index >= 15 is 0 Å². The summed E-state index contributed by atoms with van der Waals surface area (Å²) in [5.74, 6) is -0.0406. The van der Waals surface area contributed by atoms with Gasteiger partial charge in [-0.05, 0) is 18.2 Å². The number of hydrogen-bond acceptors (Lipinski definition) is 5. The van der Waals surface area contributed by atoms with Crippen LogP contribution in [0.4, 0.5) is 5.69 Å². The van der Waals surface area contributed by atoms with Crippen molar-refractivity contribution >= 4 is 17.5 Å². The van der Waals surface area contributed by atoms with E-state index in [9.17, 15) is 9.59 Å². The highest BCUT2D eigenvalue weighted by atomic mass is 16.5. The minimum absolute atomic E-state index is 0.182. The number of carbonyl (C=O) groups is 2. The molecule has 2 amide bonds. The second-order valence-corrected chi connectivity index (χ2v) is 4.60. The molecule has 0 saturated carbocycles. The van der Waals surface area contributed by atoms with Gasteiger partial charge in [-0.15, -0.1) is 0 Å². The second kappa shape index (κ2) is 5.24. The summed E-state index contributed by atoms with van der Waals surface area (Å²) < 4.78 is 5.50. The highest BCUT2D eigenvalue weighted by Crippen LogP contribution is 2.21. The second-order valence-electron chi connectivity index (χ2n) is 4.60. The van der Waals surface area contributed by atoms with Crippen molar-refractivity contribution in [3.63, 3.8) is 0 Å². The molecule has 106 valence electrons. The summed E-state index contributed by atoms with van der Waals surface area (Å²) >= 11 is 0. The van der Waals surface area contributed by atoms with Crippen LogP contribution < -0.4 is 10.5 Å². The summed E-state index contributed by atoms with van der Waals surface area (Å²) in [5, 5.41) is 0. The first-order valence-corrected chi connectivity index (χ1v) is 6.45. The average molecular weight is 283 g/mol. The molecule has 2 heterocycles. The number of nitrogen functional groups attached to an aromatic ring is 1. The molecule has 0 atom stereocenters. The fourth-order valence-electron chi connectivity index (χ4n) is 2.20. The van der Waals surface area contributed by atoms with Gasteiger partial charge in [0.15, 0.2) is 0 Å². The van der Waals surface area contributed by atoms with Gasteiger partial charge in [0.1, 0.15) is 12.4 Å². The summed E-state index contributed by atoms with van der Waals surface area (Å²) in [6.45, 7) is 0.392. The van der Waals surface area contributed by atoms with Crippen molar-refractivity contribution in [2.45, 2.75) is 0 Å². The number of rotatable bonds is 4. The lowest BCUT2D eigenvalue weighted by molar-refractivity contribution is 0.0631. The van der Waals surface area contributed by atoms with Crippen molar-refractivity contribution in [2.24, 2.45) is 0 Å². The van der Waals surface area contributed by atoms with Crippen molar-refractivity contribution < 1.29 is 14.3 Å². The van der Waals surface area contributed by atoms with Crippen molar-refractivity contribution in [1.82, 2.24) is 9.88 Å². The minimum atomic E-state index is -0.334.